The zero-order valence-corrected chi connectivity index (χ0v) is 9.98. The van der Waals surface area contributed by atoms with Crippen molar-refractivity contribution in [3.8, 4) is 0 Å². The van der Waals surface area contributed by atoms with E-state index in [9.17, 15) is 14.7 Å². The topological polar surface area (TPSA) is 69.2 Å². The molecular formula is C10H9INO3-. The zero-order valence-electron chi connectivity index (χ0n) is 7.83. The molecule has 4 nitrogen and oxygen atoms in total. The van der Waals surface area contributed by atoms with Crippen LogP contribution < -0.4 is 10.4 Å². The third-order valence-corrected chi connectivity index (χ3v) is 2.34. The summed E-state index contributed by atoms with van der Waals surface area (Å²) in [6.45, 7) is 0. The summed E-state index contributed by atoms with van der Waals surface area (Å²) in [6, 6.07) is 7.27. The lowest BCUT2D eigenvalue weighted by atomic mass is 10.2. The van der Waals surface area contributed by atoms with Crippen LogP contribution >= 0.6 is 22.6 Å². The van der Waals surface area contributed by atoms with E-state index in [2.05, 4.69) is 27.9 Å². The predicted molar refractivity (Wildman–Crippen MR) is 62.0 cm³/mol. The molecule has 1 amide bonds. The highest BCUT2D eigenvalue weighted by atomic mass is 127. The average molecular weight is 318 g/mol. The molecule has 0 aliphatic carbocycles. The van der Waals surface area contributed by atoms with E-state index < -0.39 is 5.97 Å². The maximum atomic E-state index is 11.2. The first-order chi connectivity index (χ1) is 7.08. The van der Waals surface area contributed by atoms with Crippen molar-refractivity contribution in [2.45, 2.75) is 12.8 Å². The van der Waals surface area contributed by atoms with Gasteiger partial charge in [-0.1, -0.05) is 6.07 Å². The Balaban J connectivity index is 2.48. The van der Waals surface area contributed by atoms with Crippen molar-refractivity contribution < 1.29 is 14.7 Å². The first kappa shape index (κ1) is 12.0. The van der Waals surface area contributed by atoms with E-state index in [0.717, 1.165) is 3.57 Å². The third-order valence-electron chi connectivity index (χ3n) is 1.66. The van der Waals surface area contributed by atoms with E-state index in [1.165, 1.54) is 0 Å². The van der Waals surface area contributed by atoms with Crippen LogP contribution in [0.3, 0.4) is 0 Å². The van der Waals surface area contributed by atoms with E-state index in [4.69, 9.17) is 0 Å². The number of amides is 1. The Morgan fingerprint density at radius 2 is 2.07 bits per heavy atom. The SMILES string of the molecule is O=C([O-])CCC(=O)Nc1cccc(I)c1. The lowest BCUT2D eigenvalue weighted by molar-refractivity contribution is -0.305. The first-order valence-corrected chi connectivity index (χ1v) is 5.41. The fourth-order valence-corrected chi connectivity index (χ4v) is 1.55. The molecule has 0 saturated heterocycles. The summed E-state index contributed by atoms with van der Waals surface area (Å²) in [4.78, 5) is 21.3. The summed E-state index contributed by atoms with van der Waals surface area (Å²) in [5.74, 6) is -1.53. The van der Waals surface area contributed by atoms with E-state index in [1.54, 1.807) is 12.1 Å². The first-order valence-electron chi connectivity index (χ1n) is 4.33. The lowest BCUT2D eigenvalue weighted by Crippen LogP contribution is -2.24. The second kappa shape index (κ2) is 5.69. The molecule has 0 unspecified atom stereocenters. The number of anilines is 1. The zero-order chi connectivity index (χ0) is 11.3. The highest BCUT2D eigenvalue weighted by Gasteiger charge is 2.02. The van der Waals surface area contributed by atoms with Gasteiger partial charge in [-0.25, -0.2) is 0 Å². The number of carboxylic acids is 1. The molecule has 0 heterocycles. The smallest absolute Gasteiger partial charge is 0.224 e. The van der Waals surface area contributed by atoms with Gasteiger partial charge in [-0.15, -0.1) is 0 Å². The number of benzene rings is 1. The minimum absolute atomic E-state index is 0.0617. The molecule has 1 rings (SSSR count). The molecule has 1 N–H and O–H groups in total. The van der Waals surface area contributed by atoms with Crippen LogP contribution in [0.4, 0.5) is 5.69 Å². The largest absolute Gasteiger partial charge is 0.550 e. The van der Waals surface area contributed by atoms with E-state index in [-0.39, 0.29) is 18.7 Å². The molecule has 0 atom stereocenters. The fraction of sp³-hybridized carbons (Fsp3) is 0.200. The van der Waals surface area contributed by atoms with Gasteiger partial charge in [0.25, 0.3) is 0 Å². The van der Waals surface area contributed by atoms with Gasteiger partial charge in [-0.2, -0.15) is 0 Å². The fourth-order valence-electron chi connectivity index (χ4n) is 1.01. The van der Waals surface area contributed by atoms with E-state index in [1.807, 2.05) is 12.1 Å². The summed E-state index contributed by atoms with van der Waals surface area (Å²) in [5, 5.41) is 12.7. The third kappa shape index (κ3) is 4.78. The number of carbonyl (C=O) groups is 2. The highest BCUT2D eigenvalue weighted by molar-refractivity contribution is 14.1. The Bertz CT molecular complexity index is 379. The van der Waals surface area contributed by atoms with Crippen molar-refractivity contribution in [2.24, 2.45) is 0 Å². The molecular weight excluding hydrogens is 309 g/mol. The minimum Gasteiger partial charge on any atom is -0.550 e. The second-order valence-electron chi connectivity index (χ2n) is 2.93. The molecule has 0 saturated carbocycles. The van der Waals surface area contributed by atoms with Crippen molar-refractivity contribution >= 4 is 40.2 Å². The van der Waals surface area contributed by atoms with Crippen molar-refractivity contribution in [1.29, 1.82) is 0 Å². The number of carbonyl (C=O) groups excluding carboxylic acids is 2. The Kier molecular flexibility index (Phi) is 4.54. The van der Waals surface area contributed by atoms with Gasteiger partial charge >= 0.3 is 0 Å². The average Bonchev–Trinajstić information content (AvgIpc) is 2.15. The molecule has 1 aromatic rings. The van der Waals surface area contributed by atoms with Gasteiger partial charge < -0.3 is 15.2 Å². The Labute approximate surface area is 101 Å². The van der Waals surface area contributed by atoms with Gasteiger partial charge in [0, 0.05) is 21.6 Å². The van der Waals surface area contributed by atoms with Crippen LogP contribution in [0.2, 0.25) is 0 Å². The summed E-state index contributed by atoms with van der Waals surface area (Å²) in [5.41, 5.74) is 0.672. The molecule has 0 aliphatic heterocycles. The van der Waals surface area contributed by atoms with Crippen LogP contribution in [0.1, 0.15) is 12.8 Å². The number of rotatable bonds is 4. The van der Waals surface area contributed by atoms with Gasteiger partial charge in [0.2, 0.25) is 5.91 Å². The molecule has 0 fully saturated rings. The number of hydrogen-bond donors (Lipinski definition) is 1. The number of aliphatic carboxylic acids is 1. The summed E-state index contributed by atoms with van der Waals surface area (Å²) < 4.78 is 1.00. The summed E-state index contributed by atoms with van der Waals surface area (Å²) >= 11 is 2.13. The van der Waals surface area contributed by atoms with Gasteiger partial charge in [0.1, 0.15) is 0 Å². The van der Waals surface area contributed by atoms with Crippen LogP contribution in [-0.2, 0) is 9.59 Å². The standard InChI is InChI=1S/C10H10INO3/c11-7-2-1-3-8(6-7)12-9(13)4-5-10(14)15/h1-3,6H,4-5H2,(H,12,13)(H,14,15)/p-1. The number of carboxylic acid groups (broad SMARTS) is 1. The Morgan fingerprint density at radius 3 is 2.67 bits per heavy atom. The molecule has 5 heteroatoms. The van der Waals surface area contributed by atoms with Gasteiger partial charge in [0.05, 0.1) is 0 Å². The quantitative estimate of drug-likeness (QED) is 0.834. The van der Waals surface area contributed by atoms with E-state index in [0.29, 0.717) is 5.69 Å². The minimum atomic E-state index is -1.22. The molecule has 1 aromatic carbocycles. The number of halogens is 1. The summed E-state index contributed by atoms with van der Waals surface area (Å²) in [6.07, 6.45) is -0.316. The lowest BCUT2D eigenvalue weighted by Gasteiger charge is -2.05. The van der Waals surface area contributed by atoms with Crippen LogP contribution in [-0.4, -0.2) is 11.9 Å². The highest BCUT2D eigenvalue weighted by Crippen LogP contribution is 2.12. The Morgan fingerprint density at radius 1 is 1.33 bits per heavy atom. The molecule has 0 aliphatic rings. The van der Waals surface area contributed by atoms with Crippen molar-refractivity contribution in [1.82, 2.24) is 0 Å². The van der Waals surface area contributed by atoms with Crippen LogP contribution in [0.5, 0.6) is 0 Å². The Hall–Kier alpha value is -1.11. The van der Waals surface area contributed by atoms with Gasteiger partial charge in [0.15, 0.2) is 0 Å². The number of nitrogens with one attached hydrogen (secondary N) is 1. The molecule has 0 aromatic heterocycles. The van der Waals surface area contributed by atoms with E-state index >= 15 is 0 Å². The van der Waals surface area contributed by atoms with Crippen molar-refractivity contribution in [3.05, 3.63) is 27.8 Å². The van der Waals surface area contributed by atoms with Crippen LogP contribution in [0.25, 0.3) is 0 Å². The summed E-state index contributed by atoms with van der Waals surface area (Å²) in [7, 11) is 0. The molecule has 0 spiro atoms. The number of hydrogen-bond acceptors (Lipinski definition) is 3. The van der Waals surface area contributed by atoms with Crippen molar-refractivity contribution in [2.75, 3.05) is 5.32 Å². The van der Waals surface area contributed by atoms with Gasteiger partial charge in [-0.05, 0) is 47.2 Å². The normalized spacial score (nSPS) is 9.67. The molecule has 15 heavy (non-hydrogen) atoms. The predicted octanol–water partition coefficient (Wildman–Crippen LogP) is 0.760. The maximum absolute atomic E-state index is 11.2. The molecule has 0 radical (unpaired) electrons. The van der Waals surface area contributed by atoms with Crippen LogP contribution in [0, 0.1) is 3.57 Å². The monoisotopic (exact) mass is 318 g/mol. The van der Waals surface area contributed by atoms with Gasteiger partial charge in [-0.3, -0.25) is 4.79 Å². The molecule has 0 bridgehead atoms. The van der Waals surface area contributed by atoms with Crippen LogP contribution in [0.15, 0.2) is 24.3 Å². The molecule has 80 valence electrons. The van der Waals surface area contributed by atoms with Crippen molar-refractivity contribution in [3.63, 3.8) is 0 Å². The second-order valence-corrected chi connectivity index (χ2v) is 4.18. The maximum Gasteiger partial charge on any atom is 0.224 e.